The number of benzene rings is 4. The van der Waals surface area contributed by atoms with Crippen LogP contribution in [0.3, 0.4) is 0 Å². The smallest absolute Gasteiger partial charge is 0.121 e. The minimum atomic E-state index is 0.283. The molecule has 0 aliphatic rings. The van der Waals surface area contributed by atoms with Crippen molar-refractivity contribution in [2.45, 2.75) is 196 Å². The zero-order valence-electron chi connectivity index (χ0n) is 48.7. The highest BCUT2D eigenvalue weighted by atomic mass is 32.2. The predicted octanol–water partition coefficient (Wildman–Crippen LogP) is 21.2. The Labute approximate surface area is 414 Å². The zero-order valence-corrected chi connectivity index (χ0v) is 49.5. The molecule has 0 heterocycles. The standard InChI is InChI=1S/C11H16.C10H22.C9H13N.C8H10O.C8H10S.C6H10.5C2H6/c1-9-7-5-6-8-10(9)11(2,3)4;1-9(2,3)7-8-10(4,5)6;1-8-6-4-5-7-9(8)10(2)3;2*1-7-5-3-4-6-8(7)9-2;1-3-5-6-4-2;5*1-2/h5-8H,1-4H3;7-8H2,1-6H3;4-7H,1-3H3;2*3-6H,1-2H3;3-6H,1-2H3;5*1-2H3/b;;;;;5-3-,6-4-;;;;;. The molecule has 4 rings (SSSR count). The molecule has 0 N–H and O–H groups in total. The van der Waals surface area contributed by atoms with Crippen molar-refractivity contribution in [1.82, 2.24) is 0 Å². The second kappa shape index (κ2) is 49.7. The maximum Gasteiger partial charge on any atom is 0.121 e. The predicted molar refractivity (Wildman–Crippen MR) is 311 cm³/mol. The summed E-state index contributed by atoms with van der Waals surface area (Å²) < 4.78 is 5.04. The third-order valence-electron chi connectivity index (χ3n) is 8.30. The van der Waals surface area contributed by atoms with Crippen molar-refractivity contribution in [2.75, 3.05) is 32.4 Å². The molecule has 0 fully saturated rings. The minimum Gasteiger partial charge on any atom is -0.496 e. The molecule has 0 bridgehead atoms. The number of thioether (sulfide) groups is 1. The molecule has 0 saturated heterocycles. The van der Waals surface area contributed by atoms with E-state index in [0.29, 0.717) is 10.8 Å². The maximum atomic E-state index is 5.04. The largest absolute Gasteiger partial charge is 0.496 e. The van der Waals surface area contributed by atoms with Gasteiger partial charge in [0.2, 0.25) is 0 Å². The summed E-state index contributed by atoms with van der Waals surface area (Å²) in [4.78, 5) is 3.49. The lowest BCUT2D eigenvalue weighted by Crippen LogP contribution is -2.12. The summed E-state index contributed by atoms with van der Waals surface area (Å²) in [6.45, 7) is 53.0. The van der Waals surface area contributed by atoms with Gasteiger partial charge < -0.3 is 9.64 Å². The van der Waals surface area contributed by atoms with E-state index in [2.05, 4.69) is 181 Å². The highest BCUT2D eigenvalue weighted by molar-refractivity contribution is 7.98. The average Bonchev–Trinajstić information content (AvgIpc) is 3.29. The van der Waals surface area contributed by atoms with Crippen LogP contribution in [0.4, 0.5) is 5.69 Å². The molecule has 4 aromatic carbocycles. The topological polar surface area (TPSA) is 12.5 Å². The average molecular weight is 919 g/mol. The van der Waals surface area contributed by atoms with Crippen LogP contribution in [0.25, 0.3) is 0 Å². The van der Waals surface area contributed by atoms with Crippen LogP contribution in [0, 0.1) is 38.5 Å². The van der Waals surface area contributed by atoms with Gasteiger partial charge in [-0.25, -0.2) is 0 Å². The number of anilines is 1. The van der Waals surface area contributed by atoms with E-state index in [-0.39, 0.29) is 5.41 Å². The van der Waals surface area contributed by atoms with Crippen LogP contribution in [0.5, 0.6) is 5.75 Å². The first kappa shape index (κ1) is 75.6. The second-order valence-corrected chi connectivity index (χ2v) is 18.2. The van der Waals surface area contributed by atoms with Gasteiger partial charge in [-0.05, 0) is 123 Å². The first-order valence-corrected chi connectivity index (χ1v) is 26.0. The minimum absolute atomic E-state index is 0.283. The lowest BCUT2D eigenvalue weighted by Gasteiger charge is -2.24. The Morgan fingerprint density at radius 2 is 0.815 bits per heavy atom. The van der Waals surface area contributed by atoms with E-state index in [4.69, 9.17) is 4.74 Å². The van der Waals surface area contributed by atoms with Crippen LogP contribution in [0.2, 0.25) is 0 Å². The van der Waals surface area contributed by atoms with Crippen LogP contribution < -0.4 is 9.64 Å². The second-order valence-electron chi connectivity index (χ2n) is 17.4. The van der Waals surface area contributed by atoms with Gasteiger partial charge in [-0.3, -0.25) is 0 Å². The zero-order chi connectivity index (χ0) is 52.7. The van der Waals surface area contributed by atoms with E-state index in [1.165, 1.54) is 51.2 Å². The van der Waals surface area contributed by atoms with E-state index in [1.807, 2.05) is 139 Å². The molecule has 0 aromatic heterocycles. The van der Waals surface area contributed by atoms with Gasteiger partial charge in [-0.15, -0.1) is 11.8 Å². The molecule has 2 nitrogen and oxygen atoms in total. The highest BCUT2D eigenvalue weighted by Crippen LogP contribution is 2.29. The van der Waals surface area contributed by atoms with Gasteiger partial charge in [0.1, 0.15) is 5.75 Å². The third kappa shape index (κ3) is 49.6. The maximum absolute atomic E-state index is 5.04. The highest BCUT2D eigenvalue weighted by Gasteiger charge is 2.16. The SMILES string of the molecule is C/C=C\C=C/C.CC.CC.CC.CC.CC.CC(C)(C)CCC(C)(C)C.COc1ccccc1C.CSc1ccccc1C.Cc1ccccc1C(C)(C)C.Cc1ccccc1N(C)C. The van der Waals surface area contributed by atoms with Crippen LogP contribution in [0.1, 0.15) is 186 Å². The molecule has 0 amide bonds. The van der Waals surface area contributed by atoms with E-state index in [1.54, 1.807) is 18.9 Å². The number of rotatable bonds is 5. The molecule has 0 unspecified atom stereocenters. The number of allylic oxidation sites excluding steroid dienone is 4. The number of hydrogen-bond donors (Lipinski definition) is 0. The first-order valence-electron chi connectivity index (χ1n) is 24.8. The van der Waals surface area contributed by atoms with E-state index in [0.717, 1.165) is 5.75 Å². The molecule has 65 heavy (non-hydrogen) atoms. The summed E-state index contributed by atoms with van der Waals surface area (Å²) in [5.41, 5.74) is 9.30. The molecular weight excluding hydrogens is 807 g/mol. The molecular formula is C62H111NOS. The Kier molecular flexibility index (Phi) is 57.9. The Morgan fingerprint density at radius 3 is 1.05 bits per heavy atom. The Morgan fingerprint density at radius 1 is 0.477 bits per heavy atom. The summed E-state index contributed by atoms with van der Waals surface area (Å²) in [6, 6.07) is 33.3. The summed E-state index contributed by atoms with van der Waals surface area (Å²) in [5, 5.41) is 0. The van der Waals surface area contributed by atoms with Gasteiger partial charge in [-0.2, -0.15) is 0 Å². The fourth-order valence-corrected chi connectivity index (χ4v) is 5.63. The van der Waals surface area contributed by atoms with Crippen molar-refractivity contribution in [3.05, 3.63) is 149 Å². The van der Waals surface area contributed by atoms with Gasteiger partial charge in [0.15, 0.2) is 0 Å². The molecule has 0 spiro atoms. The summed E-state index contributed by atoms with van der Waals surface area (Å²) in [7, 11) is 5.80. The fourth-order valence-electron chi connectivity index (χ4n) is 5.02. The molecule has 0 radical (unpaired) electrons. The number of nitrogens with zero attached hydrogens (tertiary/aromatic N) is 1. The van der Waals surface area contributed by atoms with E-state index >= 15 is 0 Å². The molecule has 0 aliphatic carbocycles. The quantitative estimate of drug-likeness (QED) is 0.146. The Balaban J connectivity index is -0.000000120. The Hall–Kier alpha value is -3.69. The molecule has 0 atom stereocenters. The van der Waals surface area contributed by atoms with Gasteiger partial charge >= 0.3 is 0 Å². The monoisotopic (exact) mass is 918 g/mol. The summed E-state index contributed by atoms with van der Waals surface area (Å²) in [6.07, 6.45) is 12.8. The number of hydrogen-bond acceptors (Lipinski definition) is 3. The van der Waals surface area contributed by atoms with Crippen molar-refractivity contribution in [2.24, 2.45) is 10.8 Å². The van der Waals surface area contributed by atoms with Crippen LogP contribution in [0.15, 0.2) is 126 Å². The number of aryl methyl sites for hydroxylation is 4. The lowest BCUT2D eigenvalue weighted by atomic mass is 9.81. The molecule has 3 heteroatoms. The van der Waals surface area contributed by atoms with Gasteiger partial charge in [0.25, 0.3) is 0 Å². The van der Waals surface area contributed by atoms with Crippen molar-refractivity contribution < 1.29 is 4.74 Å². The number of para-hydroxylation sites is 2. The third-order valence-corrected chi connectivity index (χ3v) is 9.20. The molecule has 376 valence electrons. The fraction of sp³-hybridized carbons (Fsp3) is 0.548. The van der Waals surface area contributed by atoms with Crippen LogP contribution in [-0.4, -0.2) is 27.5 Å². The van der Waals surface area contributed by atoms with Crippen molar-refractivity contribution in [3.63, 3.8) is 0 Å². The van der Waals surface area contributed by atoms with Crippen LogP contribution in [-0.2, 0) is 5.41 Å². The van der Waals surface area contributed by atoms with Crippen molar-refractivity contribution in [1.29, 1.82) is 0 Å². The Bertz CT molecular complexity index is 1540. The van der Waals surface area contributed by atoms with E-state index in [9.17, 15) is 0 Å². The molecule has 0 aliphatic heterocycles. The molecule has 4 aromatic rings. The van der Waals surface area contributed by atoms with Crippen molar-refractivity contribution >= 4 is 17.4 Å². The normalized spacial score (nSPS) is 9.68. The number of ether oxygens (including phenoxy) is 1. The van der Waals surface area contributed by atoms with Crippen molar-refractivity contribution in [3.8, 4) is 5.75 Å². The number of methoxy groups -OCH3 is 1. The van der Waals surface area contributed by atoms with Crippen LogP contribution >= 0.6 is 11.8 Å². The molecule has 0 saturated carbocycles. The summed E-state index contributed by atoms with van der Waals surface area (Å²) in [5.74, 6) is 0.956. The van der Waals surface area contributed by atoms with Gasteiger partial charge in [-0.1, -0.05) is 235 Å². The van der Waals surface area contributed by atoms with E-state index < -0.39 is 0 Å². The summed E-state index contributed by atoms with van der Waals surface area (Å²) >= 11 is 1.80. The first-order chi connectivity index (χ1) is 30.5. The van der Waals surface area contributed by atoms with Gasteiger partial charge in [0, 0.05) is 24.7 Å². The lowest BCUT2D eigenvalue weighted by molar-refractivity contribution is 0.275. The van der Waals surface area contributed by atoms with Gasteiger partial charge in [0.05, 0.1) is 7.11 Å².